The molecule has 1 fully saturated rings. The van der Waals surface area contributed by atoms with Gasteiger partial charge in [-0.1, -0.05) is 12.1 Å². The normalized spacial score (nSPS) is 16.1. The molecule has 0 bridgehead atoms. The molecule has 44 heavy (non-hydrogen) atoms. The second kappa shape index (κ2) is 12.1. The van der Waals surface area contributed by atoms with Gasteiger partial charge < -0.3 is 15.4 Å². The van der Waals surface area contributed by atoms with Crippen LogP contribution < -0.4 is 20.1 Å². The summed E-state index contributed by atoms with van der Waals surface area (Å²) in [4.78, 5) is 13.2. The molecule has 2 aromatic heterocycles. The molecule has 0 unspecified atom stereocenters. The Morgan fingerprint density at radius 2 is 1.80 bits per heavy atom. The molecule has 0 spiro atoms. The highest BCUT2D eigenvalue weighted by molar-refractivity contribution is 7.92. The maximum absolute atomic E-state index is 14.9. The van der Waals surface area contributed by atoms with Crippen molar-refractivity contribution in [3.63, 3.8) is 0 Å². The number of piperidine rings is 1. The average Bonchev–Trinajstić information content (AvgIpc) is 2.96. The molecule has 9 nitrogen and oxygen atoms in total. The van der Waals surface area contributed by atoms with Crippen molar-refractivity contribution in [2.45, 2.75) is 37.9 Å². The monoisotopic (exact) mass is 640 g/mol. The van der Waals surface area contributed by atoms with Gasteiger partial charge in [-0.05, 0) is 62.2 Å². The predicted octanol–water partition coefficient (Wildman–Crippen LogP) is 6.03. The topological polar surface area (TPSA) is 118 Å². The van der Waals surface area contributed by atoms with Crippen molar-refractivity contribution < 1.29 is 39.5 Å². The van der Waals surface area contributed by atoms with E-state index in [-0.39, 0.29) is 28.4 Å². The van der Waals surface area contributed by atoms with Crippen LogP contribution in [0.5, 0.6) is 11.6 Å². The van der Waals surface area contributed by atoms with Crippen molar-refractivity contribution in [1.82, 2.24) is 20.3 Å². The maximum atomic E-state index is 14.9. The zero-order valence-electron chi connectivity index (χ0n) is 23.1. The Kier molecular flexibility index (Phi) is 8.57. The van der Waals surface area contributed by atoms with Gasteiger partial charge in [0, 0.05) is 35.8 Å². The van der Waals surface area contributed by atoms with Gasteiger partial charge in [-0.2, -0.15) is 22.0 Å². The number of aryl methyl sites for hydroxylation is 1. The van der Waals surface area contributed by atoms with Gasteiger partial charge in [0.05, 0.1) is 16.9 Å². The molecule has 2 aromatic carbocycles. The van der Waals surface area contributed by atoms with Crippen molar-refractivity contribution in [3.8, 4) is 22.9 Å². The molecule has 5 rings (SSSR count). The summed E-state index contributed by atoms with van der Waals surface area (Å²) in [7, 11) is -5.37. The Bertz CT molecular complexity index is 1780. The van der Waals surface area contributed by atoms with Gasteiger partial charge in [-0.25, -0.2) is 27.8 Å². The maximum Gasteiger partial charge on any atom is 0.454 e. The molecule has 0 amide bonds. The third-order valence-electron chi connectivity index (χ3n) is 6.87. The number of fused-ring (bicyclic) bond motifs is 1. The Morgan fingerprint density at radius 1 is 1.02 bits per heavy atom. The first-order valence-corrected chi connectivity index (χ1v) is 15.0. The first-order valence-electron chi connectivity index (χ1n) is 13.3. The number of nitrogens with one attached hydrogen (secondary N) is 3. The largest absolute Gasteiger partial charge is 0.454 e. The highest BCUT2D eigenvalue weighted by atomic mass is 32.2. The lowest BCUT2D eigenvalue weighted by Gasteiger charge is -2.23. The van der Waals surface area contributed by atoms with E-state index in [1.165, 1.54) is 24.4 Å². The second-order valence-electron chi connectivity index (χ2n) is 10.2. The highest BCUT2D eigenvalue weighted by Gasteiger charge is 2.59. The fourth-order valence-corrected chi connectivity index (χ4v) is 5.94. The number of alkyl halides is 5. The number of benzene rings is 2. The summed E-state index contributed by atoms with van der Waals surface area (Å²) in [6.45, 7) is 3.36. The van der Waals surface area contributed by atoms with Crippen LogP contribution in [0.1, 0.15) is 18.4 Å². The van der Waals surface area contributed by atoms with E-state index in [4.69, 9.17) is 4.74 Å². The van der Waals surface area contributed by atoms with E-state index in [1.807, 2.05) is 0 Å². The van der Waals surface area contributed by atoms with Crippen molar-refractivity contribution in [2.24, 2.45) is 0 Å². The third-order valence-corrected chi connectivity index (χ3v) is 8.13. The lowest BCUT2D eigenvalue weighted by atomic mass is 10.0. The van der Waals surface area contributed by atoms with Crippen molar-refractivity contribution in [2.75, 3.05) is 28.9 Å². The molecule has 3 N–H and O–H groups in total. The minimum Gasteiger partial charge on any atom is -0.437 e. The number of halogens is 6. The predicted molar refractivity (Wildman–Crippen MR) is 152 cm³/mol. The molecule has 1 atom stereocenters. The van der Waals surface area contributed by atoms with E-state index >= 15 is 0 Å². The van der Waals surface area contributed by atoms with E-state index in [9.17, 15) is 34.8 Å². The van der Waals surface area contributed by atoms with Crippen LogP contribution >= 0.6 is 0 Å². The van der Waals surface area contributed by atoms with Gasteiger partial charge in [0.1, 0.15) is 17.3 Å². The molecule has 234 valence electrons. The van der Waals surface area contributed by atoms with Crippen molar-refractivity contribution >= 4 is 32.4 Å². The molecule has 4 aromatic rings. The van der Waals surface area contributed by atoms with Crippen LogP contribution in [0.2, 0.25) is 0 Å². The Labute approximate surface area is 248 Å². The lowest BCUT2D eigenvalue weighted by Crippen LogP contribution is -2.44. The minimum atomic E-state index is -6.12. The minimum absolute atomic E-state index is 0.0864. The summed E-state index contributed by atoms with van der Waals surface area (Å²) >= 11 is 0. The fraction of sp³-hybridized carbons (Fsp3) is 0.321. The summed E-state index contributed by atoms with van der Waals surface area (Å²) in [6, 6.07) is 10.0. The first-order chi connectivity index (χ1) is 20.7. The average molecular weight is 641 g/mol. The van der Waals surface area contributed by atoms with Crippen molar-refractivity contribution in [1.29, 1.82) is 0 Å². The number of pyridine rings is 1. The zero-order valence-corrected chi connectivity index (χ0v) is 23.9. The molecule has 0 aliphatic carbocycles. The SMILES string of the molecule is Cc1ccc2c(NS(=O)(=O)CC(F)(F)C(F)(F)F)c(F)ccc2c1Oc1ncccc1-c1ccnc(N[C@H]2CCCNC2)n1. The van der Waals surface area contributed by atoms with Crippen LogP contribution in [0.25, 0.3) is 22.0 Å². The van der Waals surface area contributed by atoms with Crippen LogP contribution in [0, 0.1) is 12.7 Å². The quantitative estimate of drug-likeness (QED) is 0.190. The van der Waals surface area contributed by atoms with E-state index < -0.39 is 39.4 Å². The van der Waals surface area contributed by atoms with Crippen LogP contribution in [-0.2, 0) is 10.0 Å². The van der Waals surface area contributed by atoms with Crippen LogP contribution in [0.3, 0.4) is 0 Å². The number of rotatable bonds is 9. The first kappa shape index (κ1) is 31.3. The molecule has 1 saturated heterocycles. The Morgan fingerprint density at radius 3 is 2.52 bits per heavy atom. The summed E-state index contributed by atoms with van der Waals surface area (Å²) in [6.07, 6.45) is -1.12. The van der Waals surface area contributed by atoms with Gasteiger partial charge in [-0.15, -0.1) is 0 Å². The summed E-state index contributed by atoms with van der Waals surface area (Å²) < 4.78 is 112. The van der Waals surface area contributed by atoms with Crippen LogP contribution in [0.15, 0.2) is 54.9 Å². The molecular weight excluding hydrogens is 614 g/mol. The van der Waals surface area contributed by atoms with E-state index in [1.54, 1.807) is 36.0 Å². The van der Waals surface area contributed by atoms with E-state index in [2.05, 4.69) is 25.6 Å². The Balaban J connectivity index is 1.49. The fourth-order valence-electron chi connectivity index (χ4n) is 4.71. The molecule has 1 aliphatic rings. The van der Waals surface area contributed by atoms with Crippen LogP contribution in [-0.4, -0.2) is 60.4 Å². The number of aromatic nitrogens is 3. The standard InChI is InChI=1S/C28H26F6N6O3S/c1-16-6-7-18-19(8-9-21(29)23(18)40-44(41,42)15-27(30,31)28(32,33)34)24(16)43-25-20(5-3-12-36-25)22-10-13-37-26(39-22)38-17-4-2-11-35-14-17/h3,5-10,12-13,17,35,40H,2,4,11,14-15H2,1H3,(H,37,38,39)/t17-/m0/s1. The summed E-state index contributed by atoms with van der Waals surface area (Å²) in [5, 5.41) is 6.60. The molecule has 16 heteroatoms. The lowest BCUT2D eigenvalue weighted by molar-refractivity contribution is -0.271. The molecular formula is C28H26F6N6O3S. The van der Waals surface area contributed by atoms with Crippen LogP contribution in [0.4, 0.5) is 38.0 Å². The molecule has 0 radical (unpaired) electrons. The third kappa shape index (κ3) is 6.80. The number of nitrogens with zero attached hydrogens (tertiary/aromatic N) is 3. The van der Waals surface area contributed by atoms with E-state index in [0.717, 1.165) is 32.0 Å². The number of hydrogen-bond acceptors (Lipinski definition) is 8. The highest BCUT2D eigenvalue weighted by Crippen LogP contribution is 2.41. The summed E-state index contributed by atoms with van der Waals surface area (Å²) in [5.74, 6) is -8.79. The summed E-state index contributed by atoms with van der Waals surface area (Å²) in [5.41, 5.74) is 0.633. The number of hydrogen-bond donors (Lipinski definition) is 3. The van der Waals surface area contributed by atoms with Crippen molar-refractivity contribution in [3.05, 3.63) is 66.2 Å². The molecule has 3 heterocycles. The smallest absolute Gasteiger partial charge is 0.437 e. The van der Waals surface area contributed by atoms with E-state index in [0.29, 0.717) is 22.8 Å². The van der Waals surface area contributed by atoms with Gasteiger partial charge in [0.2, 0.25) is 21.9 Å². The number of ether oxygens (including phenoxy) is 1. The second-order valence-corrected chi connectivity index (χ2v) is 11.9. The zero-order chi connectivity index (χ0) is 31.7. The van der Waals surface area contributed by atoms with Gasteiger partial charge >= 0.3 is 12.1 Å². The van der Waals surface area contributed by atoms with Gasteiger partial charge in [0.25, 0.3) is 0 Å². The molecule has 1 aliphatic heterocycles. The molecule has 0 saturated carbocycles. The van der Waals surface area contributed by atoms with Gasteiger partial charge in [0.15, 0.2) is 0 Å². The number of anilines is 2. The Hall–Kier alpha value is -4.18. The number of sulfonamides is 1. The van der Waals surface area contributed by atoms with Gasteiger partial charge in [-0.3, -0.25) is 4.72 Å².